The Kier molecular flexibility index (Phi) is 2.72. The first-order valence-corrected chi connectivity index (χ1v) is 5.11. The minimum absolute atomic E-state index is 0.0839. The number of rotatable bonds is 2. The number of imidazole rings is 1. The third-order valence-corrected chi connectivity index (χ3v) is 2.92. The molecule has 2 rings (SSSR count). The van der Waals surface area contributed by atoms with Crippen LogP contribution in [0.5, 0.6) is 0 Å². The predicted molar refractivity (Wildman–Crippen MR) is 64.4 cm³/mol. The van der Waals surface area contributed by atoms with Crippen LogP contribution in [0.4, 0.5) is 11.4 Å². The van der Waals surface area contributed by atoms with Crippen LogP contribution in [0.25, 0.3) is 5.69 Å². The number of nitrogens with two attached hydrogens (primary N) is 1. The maximum atomic E-state index is 10.8. The van der Waals surface area contributed by atoms with Gasteiger partial charge in [-0.2, -0.15) is 0 Å². The first-order chi connectivity index (χ1) is 8.02. The smallest absolute Gasteiger partial charge is 0.296 e. The Morgan fingerprint density at radius 2 is 2.29 bits per heavy atom. The highest BCUT2D eigenvalue weighted by atomic mass is 35.5. The van der Waals surface area contributed by atoms with Crippen LogP contribution in [0.15, 0.2) is 24.8 Å². The maximum absolute atomic E-state index is 10.8. The molecule has 7 heteroatoms. The molecule has 0 spiro atoms. The molecule has 17 heavy (non-hydrogen) atoms. The predicted octanol–water partition coefficient (Wildman–Crippen LogP) is 2.32. The fraction of sp³-hybridized carbons (Fsp3) is 0.100. The van der Waals surface area contributed by atoms with E-state index in [0.717, 1.165) is 0 Å². The highest BCUT2D eigenvalue weighted by Crippen LogP contribution is 2.36. The standard InChI is InChI=1S/C10H9ClN4O2/c1-6-9(11)8(14-3-2-13-5-14)4-7(12)10(6)15(16)17/h2-5H,12H2,1H3. The number of aromatic nitrogens is 2. The number of nitro benzene ring substituents is 1. The van der Waals surface area contributed by atoms with E-state index in [-0.39, 0.29) is 11.4 Å². The molecule has 0 saturated heterocycles. The average molecular weight is 253 g/mol. The second-order valence-corrected chi connectivity index (χ2v) is 3.88. The lowest BCUT2D eigenvalue weighted by Crippen LogP contribution is -2.02. The molecule has 0 fully saturated rings. The first-order valence-electron chi connectivity index (χ1n) is 4.73. The van der Waals surface area contributed by atoms with Crippen LogP contribution in [-0.2, 0) is 0 Å². The summed E-state index contributed by atoms with van der Waals surface area (Å²) in [5.74, 6) is 0. The summed E-state index contributed by atoms with van der Waals surface area (Å²) >= 11 is 6.10. The highest BCUT2D eigenvalue weighted by Gasteiger charge is 2.21. The molecule has 1 aromatic heterocycles. The zero-order valence-electron chi connectivity index (χ0n) is 8.92. The molecular weight excluding hydrogens is 244 g/mol. The zero-order chi connectivity index (χ0) is 12.6. The van der Waals surface area contributed by atoms with Gasteiger partial charge in [0.1, 0.15) is 5.69 Å². The Morgan fingerprint density at radius 3 is 2.82 bits per heavy atom. The molecule has 6 nitrogen and oxygen atoms in total. The molecule has 0 aliphatic carbocycles. The van der Waals surface area contributed by atoms with E-state index in [9.17, 15) is 10.1 Å². The summed E-state index contributed by atoms with van der Waals surface area (Å²) in [6.45, 7) is 1.57. The van der Waals surface area contributed by atoms with Gasteiger partial charge in [-0.3, -0.25) is 10.1 Å². The van der Waals surface area contributed by atoms with E-state index in [1.165, 1.54) is 6.07 Å². The minimum atomic E-state index is -0.533. The van der Waals surface area contributed by atoms with Gasteiger partial charge in [0.05, 0.1) is 22.0 Å². The normalized spacial score (nSPS) is 10.5. The van der Waals surface area contributed by atoms with Crippen molar-refractivity contribution in [2.75, 3.05) is 5.73 Å². The van der Waals surface area contributed by atoms with Crippen LogP contribution in [-0.4, -0.2) is 14.5 Å². The number of hydrogen-bond donors (Lipinski definition) is 1. The molecule has 1 heterocycles. The molecule has 1 aromatic carbocycles. The summed E-state index contributed by atoms with van der Waals surface area (Å²) in [7, 11) is 0. The molecule has 0 radical (unpaired) electrons. The molecule has 0 bridgehead atoms. The van der Waals surface area contributed by atoms with Crippen LogP contribution in [0.1, 0.15) is 5.56 Å². The third kappa shape index (κ3) is 1.83. The van der Waals surface area contributed by atoms with Gasteiger partial charge in [-0.25, -0.2) is 4.98 Å². The maximum Gasteiger partial charge on any atom is 0.296 e. The first kappa shape index (κ1) is 11.4. The Morgan fingerprint density at radius 1 is 1.59 bits per heavy atom. The fourth-order valence-corrected chi connectivity index (χ4v) is 1.87. The highest BCUT2D eigenvalue weighted by molar-refractivity contribution is 6.33. The number of benzene rings is 1. The lowest BCUT2D eigenvalue weighted by atomic mass is 10.1. The van der Waals surface area contributed by atoms with E-state index in [1.54, 1.807) is 30.2 Å². The van der Waals surface area contributed by atoms with Gasteiger partial charge in [0.15, 0.2) is 0 Å². The summed E-state index contributed by atoms with van der Waals surface area (Å²) in [4.78, 5) is 14.2. The number of anilines is 1. The zero-order valence-corrected chi connectivity index (χ0v) is 9.68. The van der Waals surface area contributed by atoms with Crippen LogP contribution < -0.4 is 5.73 Å². The number of halogens is 1. The van der Waals surface area contributed by atoms with Gasteiger partial charge in [-0.15, -0.1) is 0 Å². The molecule has 0 amide bonds. The lowest BCUT2D eigenvalue weighted by molar-refractivity contribution is -0.384. The number of hydrogen-bond acceptors (Lipinski definition) is 4. The summed E-state index contributed by atoms with van der Waals surface area (Å²) in [6.07, 6.45) is 4.82. The number of nitrogens with zero attached hydrogens (tertiary/aromatic N) is 3. The van der Waals surface area contributed by atoms with Crippen molar-refractivity contribution in [3.8, 4) is 5.69 Å². The van der Waals surface area contributed by atoms with E-state index < -0.39 is 4.92 Å². The van der Waals surface area contributed by atoms with Crippen LogP contribution in [0.2, 0.25) is 5.02 Å². The molecule has 0 saturated carbocycles. The fourth-order valence-electron chi connectivity index (χ4n) is 1.62. The van der Waals surface area contributed by atoms with Gasteiger partial charge in [-0.05, 0) is 13.0 Å². The topological polar surface area (TPSA) is 87.0 Å². The molecule has 88 valence electrons. The molecule has 0 atom stereocenters. The monoisotopic (exact) mass is 252 g/mol. The number of nitrogen functional groups attached to an aromatic ring is 1. The molecule has 2 aromatic rings. The molecule has 0 unspecified atom stereocenters. The Balaban J connectivity index is 2.70. The Bertz CT molecular complexity index is 580. The van der Waals surface area contributed by atoms with Gasteiger partial charge in [0.25, 0.3) is 5.69 Å². The molecule has 0 aliphatic heterocycles. The van der Waals surface area contributed by atoms with Gasteiger partial charge in [-0.1, -0.05) is 11.6 Å². The van der Waals surface area contributed by atoms with Crippen molar-refractivity contribution in [3.63, 3.8) is 0 Å². The van der Waals surface area contributed by atoms with Crippen molar-refractivity contribution in [1.82, 2.24) is 9.55 Å². The van der Waals surface area contributed by atoms with Crippen molar-refractivity contribution in [2.24, 2.45) is 0 Å². The van der Waals surface area contributed by atoms with Crippen molar-refractivity contribution < 1.29 is 4.92 Å². The average Bonchev–Trinajstić information content (AvgIpc) is 2.76. The summed E-state index contributed by atoms with van der Waals surface area (Å²) < 4.78 is 1.65. The van der Waals surface area contributed by atoms with Gasteiger partial charge < -0.3 is 10.3 Å². The van der Waals surface area contributed by atoms with Crippen LogP contribution in [0.3, 0.4) is 0 Å². The molecular formula is C10H9ClN4O2. The van der Waals surface area contributed by atoms with Crippen molar-refractivity contribution >= 4 is 23.0 Å². The van der Waals surface area contributed by atoms with Gasteiger partial charge in [0, 0.05) is 18.0 Å². The van der Waals surface area contributed by atoms with E-state index in [0.29, 0.717) is 16.3 Å². The second kappa shape index (κ2) is 4.06. The van der Waals surface area contributed by atoms with Crippen molar-refractivity contribution in [2.45, 2.75) is 6.92 Å². The molecule has 0 aliphatic rings. The quantitative estimate of drug-likeness (QED) is 0.505. The largest absolute Gasteiger partial charge is 0.393 e. The lowest BCUT2D eigenvalue weighted by Gasteiger charge is -2.10. The summed E-state index contributed by atoms with van der Waals surface area (Å²) in [6, 6.07) is 1.47. The third-order valence-electron chi connectivity index (χ3n) is 2.44. The minimum Gasteiger partial charge on any atom is -0.393 e. The van der Waals surface area contributed by atoms with Crippen LogP contribution >= 0.6 is 11.6 Å². The van der Waals surface area contributed by atoms with E-state index in [1.807, 2.05) is 0 Å². The SMILES string of the molecule is Cc1c(Cl)c(-n2ccnc2)cc(N)c1[N+](=O)[O-]. The number of nitro groups is 1. The molecule has 2 N–H and O–H groups in total. The van der Waals surface area contributed by atoms with E-state index in [4.69, 9.17) is 17.3 Å². The summed E-state index contributed by atoms with van der Waals surface area (Å²) in [5, 5.41) is 11.1. The van der Waals surface area contributed by atoms with E-state index >= 15 is 0 Å². The van der Waals surface area contributed by atoms with E-state index in [2.05, 4.69) is 4.98 Å². The summed E-state index contributed by atoms with van der Waals surface area (Å²) in [5.41, 5.74) is 6.52. The van der Waals surface area contributed by atoms with Gasteiger partial charge in [0.2, 0.25) is 0 Å². The van der Waals surface area contributed by atoms with Crippen LogP contribution in [0, 0.1) is 17.0 Å². The van der Waals surface area contributed by atoms with Gasteiger partial charge >= 0.3 is 0 Å². The Hall–Kier alpha value is -2.08. The second-order valence-electron chi connectivity index (χ2n) is 3.50. The Labute approximate surface area is 102 Å². The van der Waals surface area contributed by atoms with Crippen molar-refractivity contribution in [1.29, 1.82) is 0 Å². The van der Waals surface area contributed by atoms with Crippen molar-refractivity contribution in [3.05, 3.63) is 45.5 Å².